The maximum Gasteiger partial charge on any atom is 0.178 e. The van der Waals surface area contributed by atoms with Gasteiger partial charge in [-0.2, -0.15) is 5.10 Å². The second-order valence-electron chi connectivity index (χ2n) is 5.53. The Kier molecular flexibility index (Phi) is 4.54. The van der Waals surface area contributed by atoms with Crippen LogP contribution in [0.15, 0.2) is 41.6 Å². The molecule has 0 aliphatic carbocycles. The Morgan fingerprint density at radius 1 is 1.27 bits per heavy atom. The van der Waals surface area contributed by atoms with Crippen molar-refractivity contribution in [1.29, 1.82) is 0 Å². The molecule has 118 valence electrons. The van der Waals surface area contributed by atoms with E-state index in [0.29, 0.717) is 23.9 Å². The second-order valence-corrected chi connectivity index (χ2v) is 7.64. The summed E-state index contributed by atoms with van der Waals surface area (Å²) in [5.41, 5.74) is 0. The lowest BCUT2D eigenvalue weighted by molar-refractivity contribution is 0.360. The van der Waals surface area contributed by atoms with Gasteiger partial charge < -0.3 is 5.32 Å². The third-order valence-electron chi connectivity index (χ3n) is 3.93. The van der Waals surface area contributed by atoms with Crippen LogP contribution in [0.2, 0.25) is 0 Å². The molecule has 1 atom stereocenters. The molecule has 1 aromatic carbocycles. The Balaban J connectivity index is 1.45. The fourth-order valence-corrected chi connectivity index (χ4v) is 4.05. The maximum atomic E-state index is 12.2. The van der Waals surface area contributed by atoms with Crippen LogP contribution in [0.5, 0.6) is 0 Å². The number of hydrogen-bond donors (Lipinski definition) is 1. The Morgan fingerprint density at radius 2 is 2.09 bits per heavy atom. The number of hydrogen-bond acceptors (Lipinski definition) is 5. The topological polar surface area (TPSA) is 76.9 Å². The summed E-state index contributed by atoms with van der Waals surface area (Å²) in [6, 6.07) is 8.97. The van der Waals surface area contributed by atoms with Crippen LogP contribution in [0.4, 0.5) is 0 Å². The number of nitrogens with one attached hydrogen (secondary N) is 1. The predicted octanol–water partition coefficient (Wildman–Crippen LogP) is 1.05. The first-order valence-electron chi connectivity index (χ1n) is 7.53. The van der Waals surface area contributed by atoms with Gasteiger partial charge in [0, 0.05) is 12.5 Å². The van der Waals surface area contributed by atoms with Gasteiger partial charge >= 0.3 is 0 Å². The van der Waals surface area contributed by atoms with E-state index in [1.807, 2.05) is 10.7 Å². The van der Waals surface area contributed by atoms with Crippen molar-refractivity contribution in [3.05, 3.63) is 42.5 Å². The van der Waals surface area contributed by atoms with Gasteiger partial charge in [-0.15, -0.1) is 0 Å². The zero-order valence-corrected chi connectivity index (χ0v) is 13.2. The first-order chi connectivity index (χ1) is 10.6. The van der Waals surface area contributed by atoms with E-state index in [-0.39, 0.29) is 5.75 Å². The van der Waals surface area contributed by atoms with Gasteiger partial charge in [0.1, 0.15) is 12.2 Å². The van der Waals surface area contributed by atoms with Crippen LogP contribution in [-0.2, 0) is 22.8 Å². The van der Waals surface area contributed by atoms with Gasteiger partial charge in [-0.3, -0.25) is 0 Å². The smallest absolute Gasteiger partial charge is 0.178 e. The van der Waals surface area contributed by atoms with E-state index in [2.05, 4.69) is 15.4 Å². The molecule has 22 heavy (non-hydrogen) atoms. The highest BCUT2D eigenvalue weighted by atomic mass is 32.2. The van der Waals surface area contributed by atoms with Crippen molar-refractivity contribution >= 4 is 9.84 Å². The average Bonchev–Trinajstić information content (AvgIpc) is 3.00. The van der Waals surface area contributed by atoms with Crippen LogP contribution in [0.25, 0.3) is 0 Å². The molecule has 6 nitrogen and oxygen atoms in total. The minimum atomic E-state index is -3.17. The van der Waals surface area contributed by atoms with E-state index >= 15 is 0 Å². The van der Waals surface area contributed by atoms with E-state index in [9.17, 15) is 8.42 Å². The summed E-state index contributed by atoms with van der Waals surface area (Å²) in [4.78, 5) is 4.60. The SMILES string of the molecule is O=S(=O)(CCCNC1CCc2ncnn2C1)c1ccccc1. The molecule has 0 saturated carbocycles. The fraction of sp³-hybridized carbons (Fsp3) is 0.467. The molecule has 0 amide bonds. The number of fused-ring (bicyclic) bond motifs is 1. The zero-order chi connectivity index (χ0) is 15.4. The zero-order valence-electron chi connectivity index (χ0n) is 12.4. The van der Waals surface area contributed by atoms with Gasteiger partial charge in [-0.25, -0.2) is 18.1 Å². The van der Waals surface area contributed by atoms with E-state index in [1.165, 1.54) is 0 Å². The molecule has 2 aromatic rings. The summed E-state index contributed by atoms with van der Waals surface area (Å²) in [7, 11) is -3.17. The second kappa shape index (κ2) is 6.58. The summed E-state index contributed by atoms with van der Waals surface area (Å²) in [5.74, 6) is 1.20. The van der Waals surface area contributed by atoms with Crippen LogP contribution in [0.3, 0.4) is 0 Å². The fourth-order valence-electron chi connectivity index (χ4n) is 2.72. The monoisotopic (exact) mass is 320 g/mol. The molecule has 0 radical (unpaired) electrons. The van der Waals surface area contributed by atoms with Crippen LogP contribution in [0, 0.1) is 0 Å². The van der Waals surface area contributed by atoms with Crippen molar-refractivity contribution in [2.75, 3.05) is 12.3 Å². The molecule has 1 N–H and O–H groups in total. The first-order valence-corrected chi connectivity index (χ1v) is 9.18. The molecule has 0 spiro atoms. The van der Waals surface area contributed by atoms with Crippen LogP contribution in [-0.4, -0.2) is 41.5 Å². The molecule has 1 aliphatic heterocycles. The van der Waals surface area contributed by atoms with Crippen molar-refractivity contribution in [1.82, 2.24) is 20.1 Å². The number of rotatable bonds is 6. The molecule has 2 heterocycles. The van der Waals surface area contributed by atoms with Crippen molar-refractivity contribution in [3.63, 3.8) is 0 Å². The molecule has 7 heteroatoms. The van der Waals surface area contributed by atoms with E-state index in [1.54, 1.807) is 30.6 Å². The van der Waals surface area contributed by atoms with Crippen molar-refractivity contribution < 1.29 is 8.42 Å². The molecular formula is C15H20N4O2S. The summed E-state index contributed by atoms with van der Waals surface area (Å²) >= 11 is 0. The maximum absolute atomic E-state index is 12.2. The summed E-state index contributed by atoms with van der Waals surface area (Å²) in [6.07, 6.45) is 4.13. The van der Waals surface area contributed by atoms with Crippen LogP contribution < -0.4 is 5.32 Å². The Bertz CT molecular complexity index is 712. The summed E-state index contributed by atoms with van der Waals surface area (Å²) in [6.45, 7) is 1.50. The molecule has 0 bridgehead atoms. The summed E-state index contributed by atoms with van der Waals surface area (Å²) in [5, 5.41) is 7.61. The first kappa shape index (κ1) is 15.2. The standard InChI is InChI=1S/C15H20N4O2S/c20-22(21,14-5-2-1-3-6-14)10-4-9-16-13-7-8-15-17-12-18-19(15)11-13/h1-3,5-6,12-13,16H,4,7-11H2. The van der Waals surface area contributed by atoms with Gasteiger partial charge in [-0.1, -0.05) is 18.2 Å². The average molecular weight is 320 g/mol. The highest BCUT2D eigenvalue weighted by molar-refractivity contribution is 7.91. The predicted molar refractivity (Wildman–Crippen MR) is 83.2 cm³/mol. The van der Waals surface area contributed by atoms with Crippen molar-refractivity contribution in [2.45, 2.75) is 36.7 Å². The van der Waals surface area contributed by atoms with Crippen molar-refractivity contribution in [2.24, 2.45) is 0 Å². The molecule has 0 saturated heterocycles. The van der Waals surface area contributed by atoms with Gasteiger partial charge in [-0.05, 0) is 31.5 Å². The third-order valence-corrected chi connectivity index (χ3v) is 5.75. The molecule has 0 fully saturated rings. The normalized spacial score (nSPS) is 18.1. The minimum Gasteiger partial charge on any atom is -0.312 e. The van der Waals surface area contributed by atoms with E-state index in [4.69, 9.17) is 0 Å². The van der Waals surface area contributed by atoms with Crippen LogP contribution in [0.1, 0.15) is 18.7 Å². The number of nitrogens with zero attached hydrogens (tertiary/aromatic N) is 3. The quantitative estimate of drug-likeness (QED) is 0.805. The molecule has 1 unspecified atom stereocenters. The van der Waals surface area contributed by atoms with E-state index in [0.717, 1.165) is 25.2 Å². The largest absolute Gasteiger partial charge is 0.312 e. The van der Waals surface area contributed by atoms with Gasteiger partial charge in [0.15, 0.2) is 9.84 Å². The summed E-state index contributed by atoms with van der Waals surface area (Å²) < 4.78 is 26.2. The van der Waals surface area contributed by atoms with Gasteiger partial charge in [0.2, 0.25) is 0 Å². The molecule has 1 aliphatic rings. The van der Waals surface area contributed by atoms with E-state index < -0.39 is 9.84 Å². The molecule has 3 rings (SSSR count). The van der Waals surface area contributed by atoms with Gasteiger partial charge in [0.05, 0.1) is 17.2 Å². The van der Waals surface area contributed by atoms with Crippen molar-refractivity contribution in [3.8, 4) is 0 Å². The molecule has 1 aromatic heterocycles. The lowest BCUT2D eigenvalue weighted by Crippen LogP contribution is -2.38. The lowest BCUT2D eigenvalue weighted by atomic mass is 10.1. The highest BCUT2D eigenvalue weighted by Gasteiger charge is 2.19. The van der Waals surface area contributed by atoms with Gasteiger partial charge in [0.25, 0.3) is 0 Å². The molecular weight excluding hydrogens is 300 g/mol. The highest BCUT2D eigenvalue weighted by Crippen LogP contribution is 2.13. The Hall–Kier alpha value is -1.73. The number of aryl methyl sites for hydroxylation is 1. The Labute approximate surface area is 130 Å². The Morgan fingerprint density at radius 3 is 2.91 bits per heavy atom. The van der Waals surface area contributed by atoms with Crippen LogP contribution >= 0.6 is 0 Å². The third kappa shape index (κ3) is 3.53. The number of aromatic nitrogens is 3. The lowest BCUT2D eigenvalue weighted by Gasteiger charge is -2.23. The number of benzene rings is 1. The minimum absolute atomic E-state index is 0.172. The number of sulfone groups is 1.